The van der Waals surface area contributed by atoms with E-state index in [0.29, 0.717) is 42.7 Å². The van der Waals surface area contributed by atoms with E-state index in [1.807, 2.05) is 13.0 Å². The number of imide groups is 1. The number of benzene rings is 1. The van der Waals surface area contributed by atoms with E-state index in [1.54, 1.807) is 24.5 Å². The van der Waals surface area contributed by atoms with Crippen LogP contribution in [0, 0.1) is 23.7 Å². The van der Waals surface area contributed by atoms with Crippen LogP contribution < -0.4 is 4.74 Å². The first-order chi connectivity index (χ1) is 17.3. The fourth-order valence-electron chi connectivity index (χ4n) is 6.53. The van der Waals surface area contributed by atoms with E-state index in [9.17, 15) is 24.3 Å². The van der Waals surface area contributed by atoms with Gasteiger partial charge in [-0.05, 0) is 64.9 Å². The first-order valence-corrected chi connectivity index (χ1v) is 13.0. The molecule has 0 saturated carbocycles. The molecule has 184 valence electrons. The molecule has 0 bridgehead atoms. The van der Waals surface area contributed by atoms with Gasteiger partial charge in [0.2, 0.25) is 11.8 Å². The molecule has 1 aromatic rings. The van der Waals surface area contributed by atoms with Crippen LogP contribution in [-0.2, 0) is 25.6 Å². The Morgan fingerprint density at radius 2 is 1.94 bits per heavy atom. The van der Waals surface area contributed by atoms with Gasteiger partial charge in [-0.1, -0.05) is 18.6 Å². The van der Waals surface area contributed by atoms with Crippen LogP contribution in [0.2, 0.25) is 0 Å². The Balaban J connectivity index is 1.47. The second-order valence-corrected chi connectivity index (χ2v) is 10.9. The average Bonchev–Trinajstić information content (AvgIpc) is 3.11. The molecule has 0 radical (unpaired) electrons. The van der Waals surface area contributed by atoms with Crippen LogP contribution in [0.15, 0.2) is 63.4 Å². The summed E-state index contributed by atoms with van der Waals surface area (Å²) in [5.41, 5.74) is 3.28. The number of Topliss-reactive ketones (excluding diaryl/α,β-unsaturated/α-hetero) is 1. The maximum Gasteiger partial charge on any atom is 0.233 e. The zero-order valence-corrected chi connectivity index (χ0v) is 21.2. The lowest BCUT2D eigenvalue weighted by molar-refractivity contribution is -0.140. The van der Waals surface area contributed by atoms with Crippen molar-refractivity contribution >= 4 is 39.3 Å². The van der Waals surface area contributed by atoms with E-state index in [4.69, 9.17) is 4.74 Å². The Morgan fingerprint density at radius 3 is 2.72 bits per heavy atom. The minimum atomic E-state index is -0.547. The number of ketones is 2. The number of carbonyl (C=O) groups excluding carboxylic acids is 4. The zero-order valence-electron chi connectivity index (χ0n) is 19.6. The average molecular weight is 550 g/mol. The predicted octanol–water partition coefficient (Wildman–Crippen LogP) is 3.92. The molecule has 0 spiro atoms. The summed E-state index contributed by atoms with van der Waals surface area (Å²) in [5, 5.41) is 10.0. The van der Waals surface area contributed by atoms with Crippen molar-refractivity contribution in [1.29, 1.82) is 0 Å². The minimum absolute atomic E-state index is 0.113. The van der Waals surface area contributed by atoms with Gasteiger partial charge in [0.15, 0.2) is 11.6 Å². The molecule has 1 N–H and O–H groups in total. The Morgan fingerprint density at radius 1 is 1.14 bits per heavy atom. The lowest BCUT2D eigenvalue weighted by atomic mass is 9.59. The minimum Gasteiger partial charge on any atom is -0.508 e. The van der Waals surface area contributed by atoms with Gasteiger partial charge in [0.05, 0.1) is 22.6 Å². The molecule has 0 aromatic heterocycles. The van der Waals surface area contributed by atoms with Crippen LogP contribution in [-0.4, -0.2) is 39.9 Å². The highest BCUT2D eigenvalue weighted by atomic mass is 79.9. The van der Waals surface area contributed by atoms with Crippen LogP contribution in [0.25, 0.3) is 0 Å². The van der Waals surface area contributed by atoms with Crippen molar-refractivity contribution in [2.75, 3.05) is 6.54 Å². The third-order valence-electron chi connectivity index (χ3n) is 8.02. The molecule has 6 rings (SSSR count). The lowest BCUT2D eigenvalue weighted by Crippen LogP contribution is -2.41. The summed E-state index contributed by atoms with van der Waals surface area (Å²) >= 11 is 3.24. The van der Waals surface area contributed by atoms with E-state index in [2.05, 4.69) is 15.9 Å². The summed E-state index contributed by atoms with van der Waals surface area (Å²) in [4.78, 5) is 54.5. The Bertz CT molecular complexity index is 1380. The first kappa shape index (κ1) is 23.2. The monoisotopic (exact) mass is 549 g/mol. The van der Waals surface area contributed by atoms with E-state index in [-0.39, 0.29) is 46.0 Å². The van der Waals surface area contributed by atoms with Crippen LogP contribution in [0.3, 0.4) is 0 Å². The van der Waals surface area contributed by atoms with E-state index in [1.165, 1.54) is 11.0 Å². The normalized spacial score (nSPS) is 29.1. The van der Waals surface area contributed by atoms with Crippen LogP contribution >= 0.6 is 15.9 Å². The fourth-order valence-corrected chi connectivity index (χ4v) is 6.97. The van der Waals surface area contributed by atoms with Crippen molar-refractivity contribution in [3.63, 3.8) is 0 Å². The molecular formula is C28H24BrNO6. The number of allylic oxidation sites excluding steroid dienone is 7. The summed E-state index contributed by atoms with van der Waals surface area (Å²) in [6, 6.07) is 4.88. The SMILES string of the molecule is CCCN1C(=O)[C@H]2[C@H](CC=C3[C@H](C4=COc5ccc(O)cc5C4)C4=C(C[C@H]32)C(=O)C(Br)=CC4=O)C1=O. The van der Waals surface area contributed by atoms with Gasteiger partial charge < -0.3 is 9.84 Å². The third-order valence-corrected chi connectivity index (χ3v) is 8.61. The van der Waals surface area contributed by atoms with Gasteiger partial charge in [-0.15, -0.1) is 0 Å². The smallest absolute Gasteiger partial charge is 0.233 e. The number of ether oxygens (including phenoxy) is 1. The van der Waals surface area contributed by atoms with Gasteiger partial charge in [0.1, 0.15) is 11.5 Å². The van der Waals surface area contributed by atoms with Gasteiger partial charge in [-0.2, -0.15) is 0 Å². The van der Waals surface area contributed by atoms with E-state index < -0.39 is 17.8 Å². The number of halogens is 1. The standard InChI is InChI=1S/C28H24BrNO6/c1-2-7-30-27(34)17-5-4-16-18(24(17)28(30)35)10-19-25(21(32)11-20(29)26(19)33)23(16)14-8-13-9-15(31)3-6-22(13)36-12-14/h3-4,6,9,11-12,17-18,23-24,31H,2,5,7-8,10H2,1H3/t17-,18+,23-,24-/m0/s1. The number of amides is 2. The number of likely N-dealkylation sites (tertiary alicyclic amines) is 1. The third kappa shape index (κ3) is 3.30. The number of rotatable bonds is 3. The number of phenolic OH excluding ortho intramolecular Hbond substituents is 1. The number of carbonyl (C=O) groups is 4. The molecule has 8 heteroatoms. The van der Waals surface area contributed by atoms with Crippen LogP contribution in [0.5, 0.6) is 11.5 Å². The van der Waals surface area contributed by atoms with Crippen LogP contribution in [0.4, 0.5) is 0 Å². The molecule has 0 unspecified atom stereocenters. The maximum absolute atomic E-state index is 13.5. The Hall–Kier alpha value is -3.26. The van der Waals surface area contributed by atoms with Crippen molar-refractivity contribution in [1.82, 2.24) is 4.90 Å². The molecule has 2 amide bonds. The number of fused-ring (bicyclic) bond motifs is 4. The summed E-state index contributed by atoms with van der Waals surface area (Å²) in [7, 11) is 0. The van der Waals surface area contributed by atoms with Crippen molar-refractivity contribution < 1.29 is 29.0 Å². The molecule has 7 nitrogen and oxygen atoms in total. The van der Waals surface area contributed by atoms with Crippen molar-refractivity contribution in [2.24, 2.45) is 23.7 Å². The summed E-state index contributed by atoms with van der Waals surface area (Å²) in [6.07, 6.45) is 6.72. The summed E-state index contributed by atoms with van der Waals surface area (Å²) in [5.74, 6) is -1.97. The number of aromatic hydroxyl groups is 1. The van der Waals surface area contributed by atoms with Gasteiger partial charge in [0, 0.05) is 41.7 Å². The molecule has 1 saturated heterocycles. The quantitative estimate of drug-likeness (QED) is 0.348. The van der Waals surface area contributed by atoms with Gasteiger partial charge >= 0.3 is 0 Å². The number of phenols is 1. The molecule has 2 heterocycles. The van der Waals surface area contributed by atoms with Crippen molar-refractivity contribution in [3.8, 4) is 11.5 Å². The summed E-state index contributed by atoms with van der Waals surface area (Å²) < 4.78 is 6.09. The molecular weight excluding hydrogens is 526 g/mol. The second kappa shape index (κ2) is 8.40. The Kier molecular flexibility index (Phi) is 5.41. The lowest BCUT2D eigenvalue weighted by Gasteiger charge is -2.43. The maximum atomic E-state index is 13.5. The molecule has 1 aromatic carbocycles. The highest BCUT2D eigenvalue weighted by Gasteiger charge is 2.56. The van der Waals surface area contributed by atoms with E-state index in [0.717, 1.165) is 16.7 Å². The highest BCUT2D eigenvalue weighted by Crippen LogP contribution is 2.54. The Labute approximate surface area is 216 Å². The summed E-state index contributed by atoms with van der Waals surface area (Å²) in [6.45, 7) is 2.32. The number of hydrogen-bond donors (Lipinski definition) is 1. The second-order valence-electron chi connectivity index (χ2n) is 10.0. The molecule has 4 atom stereocenters. The predicted molar refractivity (Wildman–Crippen MR) is 133 cm³/mol. The highest BCUT2D eigenvalue weighted by molar-refractivity contribution is 9.12. The number of hydrogen-bond acceptors (Lipinski definition) is 6. The van der Waals surface area contributed by atoms with Gasteiger partial charge in [0.25, 0.3) is 0 Å². The largest absolute Gasteiger partial charge is 0.508 e. The molecule has 36 heavy (non-hydrogen) atoms. The molecule has 1 fully saturated rings. The van der Waals surface area contributed by atoms with Crippen molar-refractivity contribution in [3.05, 3.63) is 69.0 Å². The zero-order chi connectivity index (χ0) is 25.3. The van der Waals surface area contributed by atoms with Crippen molar-refractivity contribution in [2.45, 2.75) is 32.6 Å². The van der Waals surface area contributed by atoms with E-state index >= 15 is 0 Å². The van der Waals surface area contributed by atoms with Crippen LogP contribution in [0.1, 0.15) is 31.7 Å². The fraction of sp³-hybridized carbons (Fsp3) is 0.357. The van der Waals surface area contributed by atoms with Gasteiger partial charge in [-0.25, -0.2) is 0 Å². The molecule has 3 aliphatic carbocycles. The molecule has 5 aliphatic rings. The first-order valence-electron chi connectivity index (χ1n) is 12.2. The van der Waals surface area contributed by atoms with Gasteiger partial charge in [-0.3, -0.25) is 24.1 Å². The number of nitrogens with zero attached hydrogens (tertiary/aromatic N) is 1. The molecule has 2 aliphatic heterocycles. The topological polar surface area (TPSA) is 101 Å².